The molecule has 0 aromatic carbocycles. The molecule has 2 aliphatic rings. The molecule has 0 N–H and O–H groups in total. The lowest BCUT2D eigenvalue weighted by atomic mass is 10.2. The molecule has 0 radical (unpaired) electrons. The van der Waals surface area contributed by atoms with E-state index in [2.05, 4.69) is 33.2 Å². The van der Waals surface area contributed by atoms with Crippen LogP contribution >= 0.6 is 0 Å². The molecule has 1 aliphatic heterocycles. The average Bonchev–Trinajstić information content (AvgIpc) is 3.46. The van der Waals surface area contributed by atoms with Crippen LogP contribution in [0.1, 0.15) is 65.2 Å². The molecule has 2 fully saturated rings. The predicted octanol–water partition coefficient (Wildman–Crippen LogP) is 3.03. The first-order valence-electron chi connectivity index (χ1n) is 11.2. The van der Waals surface area contributed by atoms with Gasteiger partial charge in [0.15, 0.2) is 11.3 Å². The number of aryl methyl sites for hydroxylation is 2. The van der Waals surface area contributed by atoms with Gasteiger partial charge in [0.1, 0.15) is 5.69 Å². The lowest BCUT2D eigenvalue weighted by Crippen LogP contribution is -2.48. The van der Waals surface area contributed by atoms with Crippen LogP contribution in [0.15, 0.2) is 18.3 Å². The summed E-state index contributed by atoms with van der Waals surface area (Å²) in [6.45, 7) is 8.32. The van der Waals surface area contributed by atoms with Crippen LogP contribution in [0.4, 0.5) is 8.78 Å². The third-order valence-electron chi connectivity index (χ3n) is 6.34. The maximum absolute atomic E-state index is 13.6. The maximum Gasteiger partial charge on any atom is 0.280 e. The molecule has 1 amide bonds. The van der Waals surface area contributed by atoms with E-state index in [0.717, 1.165) is 49.2 Å². The van der Waals surface area contributed by atoms with Crippen molar-refractivity contribution < 1.29 is 13.6 Å². The van der Waals surface area contributed by atoms with Gasteiger partial charge in [-0.2, -0.15) is 10.2 Å². The number of alkyl halides is 2. The second kappa shape index (κ2) is 8.23. The molecule has 32 heavy (non-hydrogen) atoms. The third-order valence-corrected chi connectivity index (χ3v) is 6.34. The van der Waals surface area contributed by atoms with Crippen LogP contribution in [0.2, 0.25) is 0 Å². The number of piperazine rings is 1. The Morgan fingerprint density at radius 2 is 1.91 bits per heavy atom. The second-order valence-corrected chi connectivity index (χ2v) is 8.64. The van der Waals surface area contributed by atoms with Gasteiger partial charge < -0.3 is 4.90 Å². The monoisotopic (exact) mass is 443 g/mol. The topological polar surface area (TPSA) is 71.6 Å². The Kier molecular flexibility index (Phi) is 5.40. The first kappa shape index (κ1) is 21.0. The van der Waals surface area contributed by atoms with Gasteiger partial charge in [-0.05, 0) is 32.8 Å². The van der Waals surface area contributed by atoms with Gasteiger partial charge in [0.25, 0.3) is 12.3 Å². The molecular weight excluding hydrogens is 416 g/mol. The van der Waals surface area contributed by atoms with E-state index in [1.165, 1.54) is 17.7 Å². The van der Waals surface area contributed by atoms with Crippen molar-refractivity contribution in [2.75, 3.05) is 26.2 Å². The maximum atomic E-state index is 13.6. The highest BCUT2D eigenvalue weighted by molar-refractivity contribution is 5.93. The van der Waals surface area contributed by atoms with E-state index in [1.807, 2.05) is 11.6 Å². The molecule has 1 aliphatic carbocycles. The third kappa shape index (κ3) is 3.99. The average molecular weight is 444 g/mol. The summed E-state index contributed by atoms with van der Waals surface area (Å²) in [7, 11) is 0. The number of carbonyl (C=O) groups excluding carboxylic acids is 1. The molecule has 8 nitrogen and oxygen atoms in total. The molecule has 5 rings (SSSR count). The smallest absolute Gasteiger partial charge is 0.280 e. The van der Waals surface area contributed by atoms with Crippen molar-refractivity contribution in [1.29, 1.82) is 0 Å². The molecule has 3 aromatic rings. The van der Waals surface area contributed by atoms with Crippen LogP contribution < -0.4 is 0 Å². The van der Waals surface area contributed by atoms with Crippen LogP contribution in [0.3, 0.4) is 0 Å². The van der Waals surface area contributed by atoms with Gasteiger partial charge in [-0.1, -0.05) is 0 Å². The fourth-order valence-corrected chi connectivity index (χ4v) is 4.25. The highest BCUT2D eigenvalue weighted by Crippen LogP contribution is 2.40. The number of halogens is 2. The molecule has 4 heterocycles. The van der Waals surface area contributed by atoms with E-state index >= 15 is 0 Å². The number of fused-ring (bicyclic) bond motifs is 1. The molecule has 10 heteroatoms. The van der Waals surface area contributed by atoms with Crippen molar-refractivity contribution in [3.05, 3.63) is 46.7 Å². The molecular formula is C22H27F2N7O. The number of nitrogens with zero attached hydrogens (tertiary/aromatic N) is 7. The molecule has 1 saturated carbocycles. The molecule has 0 spiro atoms. The highest BCUT2D eigenvalue weighted by atomic mass is 19.3. The number of aromatic nitrogens is 5. The van der Waals surface area contributed by atoms with Gasteiger partial charge in [0, 0.05) is 68.7 Å². The van der Waals surface area contributed by atoms with Crippen molar-refractivity contribution in [3.8, 4) is 0 Å². The largest absolute Gasteiger partial charge is 0.335 e. The molecule has 0 unspecified atom stereocenters. The summed E-state index contributed by atoms with van der Waals surface area (Å²) in [6.07, 6.45) is 1.33. The summed E-state index contributed by atoms with van der Waals surface area (Å²) >= 11 is 0. The van der Waals surface area contributed by atoms with E-state index in [1.54, 1.807) is 4.90 Å². The summed E-state index contributed by atoms with van der Waals surface area (Å²) in [4.78, 5) is 21.6. The number of hydrogen-bond acceptors (Lipinski definition) is 5. The minimum atomic E-state index is -2.68. The quantitative estimate of drug-likeness (QED) is 0.586. The molecule has 170 valence electrons. The van der Waals surface area contributed by atoms with Crippen LogP contribution in [-0.2, 0) is 13.1 Å². The molecule has 0 bridgehead atoms. The van der Waals surface area contributed by atoms with E-state index in [0.29, 0.717) is 24.4 Å². The summed E-state index contributed by atoms with van der Waals surface area (Å²) in [5, 5.41) is 8.69. The zero-order chi connectivity index (χ0) is 22.4. The van der Waals surface area contributed by atoms with Gasteiger partial charge in [0.05, 0.1) is 5.69 Å². The number of amides is 1. The minimum Gasteiger partial charge on any atom is -0.335 e. The zero-order valence-electron chi connectivity index (χ0n) is 18.3. The number of hydrogen-bond donors (Lipinski definition) is 0. The number of rotatable bonds is 6. The fourth-order valence-electron chi connectivity index (χ4n) is 4.25. The Morgan fingerprint density at radius 3 is 2.53 bits per heavy atom. The van der Waals surface area contributed by atoms with Crippen molar-refractivity contribution >= 4 is 11.6 Å². The van der Waals surface area contributed by atoms with E-state index in [-0.39, 0.29) is 23.2 Å². The first-order valence-corrected chi connectivity index (χ1v) is 11.2. The Balaban J connectivity index is 1.28. The molecule has 3 aromatic heterocycles. The lowest BCUT2D eigenvalue weighted by molar-refractivity contribution is 0.0621. The van der Waals surface area contributed by atoms with Crippen molar-refractivity contribution in [1.82, 2.24) is 34.2 Å². The van der Waals surface area contributed by atoms with Gasteiger partial charge >= 0.3 is 0 Å². The van der Waals surface area contributed by atoms with Crippen molar-refractivity contribution in [3.63, 3.8) is 0 Å². The molecule has 1 saturated heterocycles. The Morgan fingerprint density at radius 1 is 1.16 bits per heavy atom. The van der Waals surface area contributed by atoms with Gasteiger partial charge in [0.2, 0.25) is 0 Å². The Hall–Kier alpha value is -2.88. The van der Waals surface area contributed by atoms with Crippen molar-refractivity contribution in [2.45, 2.75) is 52.1 Å². The summed E-state index contributed by atoms with van der Waals surface area (Å²) in [5.74, 6) is 0.00557. The lowest BCUT2D eigenvalue weighted by Gasteiger charge is -2.34. The Labute approximate surface area is 184 Å². The SMILES string of the molecule is CCn1cc(CN2CCN(C(=O)c3cc4nc(C5CC5)cc(C(F)F)n4n3)CC2)c(C)n1. The number of carbonyl (C=O) groups is 1. The standard InChI is InChI=1S/C22H27F2N7O/c1-3-30-13-16(14(2)26-30)12-28-6-8-29(9-7-28)22(32)18-11-20-25-17(15-4-5-15)10-19(21(23)24)31(20)27-18/h10-11,13,15,21H,3-9,12H2,1-2H3. The Bertz CT molecular complexity index is 1140. The fraction of sp³-hybridized carbons (Fsp3) is 0.545. The first-order chi connectivity index (χ1) is 15.4. The van der Waals surface area contributed by atoms with Crippen molar-refractivity contribution in [2.24, 2.45) is 0 Å². The van der Waals surface area contributed by atoms with Gasteiger partial charge in [-0.15, -0.1) is 0 Å². The van der Waals surface area contributed by atoms with Crippen LogP contribution in [-0.4, -0.2) is 66.3 Å². The summed E-state index contributed by atoms with van der Waals surface area (Å²) < 4.78 is 30.3. The van der Waals surface area contributed by atoms with E-state index < -0.39 is 6.43 Å². The molecule has 0 atom stereocenters. The highest BCUT2D eigenvalue weighted by Gasteiger charge is 2.29. The van der Waals surface area contributed by atoms with Gasteiger partial charge in [-0.3, -0.25) is 14.4 Å². The van der Waals surface area contributed by atoms with Crippen LogP contribution in [0, 0.1) is 6.92 Å². The summed E-state index contributed by atoms with van der Waals surface area (Å²) in [5.41, 5.74) is 3.17. The predicted molar refractivity (Wildman–Crippen MR) is 114 cm³/mol. The van der Waals surface area contributed by atoms with Gasteiger partial charge in [-0.25, -0.2) is 18.3 Å². The second-order valence-electron chi connectivity index (χ2n) is 8.64. The normalized spacial score (nSPS) is 17.6. The summed E-state index contributed by atoms with van der Waals surface area (Å²) in [6, 6.07) is 2.97. The van der Waals surface area contributed by atoms with E-state index in [4.69, 9.17) is 0 Å². The van der Waals surface area contributed by atoms with Crippen LogP contribution in [0.5, 0.6) is 0 Å². The van der Waals surface area contributed by atoms with E-state index in [9.17, 15) is 13.6 Å². The zero-order valence-corrected chi connectivity index (χ0v) is 18.3. The minimum absolute atomic E-state index is 0.167. The van der Waals surface area contributed by atoms with Crippen LogP contribution in [0.25, 0.3) is 5.65 Å².